The molecule has 0 bridgehead atoms. The van der Waals surface area contributed by atoms with Gasteiger partial charge in [0.2, 0.25) is 0 Å². The lowest BCUT2D eigenvalue weighted by atomic mass is 10.1. The summed E-state index contributed by atoms with van der Waals surface area (Å²) in [5, 5.41) is 11.8. The average Bonchev–Trinajstić information content (AvgIpc) is 2.31. The summed E-state index contributed by atoms with van der Waals surface area (Å²) >= 11 is 3.38. The normalized spacial score (nSPS) is 12.2. The molecule has 2 N–H and O–H groups in total. The largest absolute Gasteiger partial charge is 0.394 e. The van der Waals surface area contributed by atoms with Crippen molar-refractivity contribution in [3.63, 3.8) is 0 Å². The Bertz CT molecular complexity index is 395. The molecule has 94 valence electrons. The fourth-order valence-electron chi connectivity index (χ4n) is 1.40. The molecule has 0 saturated heterocycles. The zero-order chi connectivity index (χ0) is 12.8. The highest BCUT2D eigenvalue weighted by atomic mass is 79.9. The minimum atomic E-state index is -0.378. The first kappa shape index (κ1) is 14.2. The number of amides is 1. The van der Waals surface area contributed by atoms with E-state index < -0.39 is 0 Å². The van der Waals surface area contributed by atoms with Gasteiger partial charge in [-0.15, -0.1) is 0 Å². The zero-order valence-electron chi connectivity index (χ0n) is 9.87. The predicted octanol–water partition coefficient (Wildman–Crippen LogP) is 1.49. The predicted molar refractivity (Wildman–Crippen MR) is 69.1 cm³/mol. The molecule has 1 aromatic rings. The van der Waals surface area contributed by atoms with Crippen molar-refractivity contribution < 1.29 is 14.6 Å². The van der Waals surface area contributed by atoms with Crippen molar-refractivity contribution in [3.8, 4) is 0 Å². The number of hydrogen-bond acceptors (Lipinski definition) is 3. The Morgan fingerprint density at radius 1 is 1.59 bits per heavy atom. The van der Waals surface area contributed by atoms with Crippen LogP contribution < -0.4 is 5.32 Å². The van der Waals surface area contributed by atoms with E-state index in [1.807, 2.05) is 13.0 Å². The van der Waals surface area contributed by atoms with E-state index in [2.05, 4.69) is 21.2 Å². The van der Waals surface area contributed by atoms with Crippen LogP contribution in [-0.2, 0) is 4.74 Å². The molecule has 0 aliphatic heterocycles. The van der Waals surface area contributed by atoms with Gasteiger partial charge in [0, 0.05) is 17.1 Å². The number of methoxy groups -OCH3 is 1. The van der Waals surface area contributed by atoms with E-state index in [0.29, 0.717) is 5.56 Å². The maximum absolute atomic E-state index is 11.9. The topological polar surface area (TPSA) is 58.6 Å². The van der Waals surface area contributed by atoms with E-state index in [1.54, 1.807) is 12.1 Å². The summed E-state index contributed by atoms with van der Waals surface area (Å²) in [4.78, 5) is 11.9. The highest BCUT2D eigenvalue weighted by Crippen LogP contribution is 2.17. The Kier molecular flexibility index (Phi) is 5.61. The number of ether oxygens (including phenoxy) is 1. The second-order valence-corrected chi connectivity index (χ2v) is 4.63. The summed E-state index contributed by atoms with van der Waals surface area (Å²) in [5.74, 6) is -0.211. The molecule has 0 aliphatic rings. The van der Waals surface area contributed by atoms with Crippen LogP contribution >= 0.6 is 15.9 Å². The van der Waals surface area contributed by atoms with Crippen molar-refractivity contribution in [2.45, 2.75) is 13.0 Å². The lowest BCUT2D eigenvalue weighted by molar-refractivity contribution is 0.0839. The van der Waals surface area contributed by atoms with Crippen molar-refractivity contribution >= 4 is 21.8 Å². The minimum absolute atomic E-state index is 0.144. The molecule has 5 heteroatoms. The summed E-state index contributed by atoms with van der Waals surface area (Å²) in [6.07, 6.45) is 0. The third-order valence-electron chi connectivity index (χ3n) is 2.34. The van der Waals surface area contributed by atoms with Gasteiger partial charge in [0.15, 0.2) is 0 Å². The van der Waals surface area contributed by atoms with Gasteiger partial charge < -0.3 is 15.2 Å². The van der Waals surface area contributed by atoms with Crippen LogP contribution in [0.15, 0.2) is 22.7 Å². The number of rotatable bonds is 5. The first-order valence-electron chi connectivity index (χ1n) is 5.25. The van der Waals surface area contributed by atoms with Crippen molar-refractivity contribution in [2.24, 2.45) is 0 Å². The number of aliphatic hydroxyl groups is 1. The second-order valence-electron chi connectivity index (χ2n) is 3.77. The quantitative estimate of drug-likeness (QED) is 0.866. The molecular weight excluding hydrogens is 286 g/mol. The summed E-state index contributed by atoms with van der Waals surface area (Å²) in [6.45, 7) is 2.06. The lowest BCUT2D eigenvalue weighted by Crippen LogP contribution is -2.40. The Labute approximate surface area is 109 Å². The van der Waals surface area contributed by atoms with E-state index >= 15 is 0 Å². The summed E-state index contributed by atoms with van der Waals surface area (Å²) in [5.41, 5.74) is 1.56. The lowest BCUT2D eigenvalue weighted by Gasteiger charge is -2.15. The molecule has 4 nitrogen and oxygen atoms in total. The number of nitrogens with one attached hydrogen (secondary N) is 1. The van der Waals surface area contributed by atoms with Crippen LogP contribution in [0.4, 0.5) is 0 Å². The van der Waals surface area contributed by atoms with Crippen molar-refractivity contribution in [3.05, 3.63) is 33.8 Å². The molecule has 1 unspecified atom stereocenters. The number of carbonyl (C=O) groups excluding carboxylic acids is 1. The Morgan fingerprint density at radius 2 is 2.29 bits per heavy atom. The summed E-state index contributed by atoms with van der Waals surface area (Å²) in [7, 11) is 1.53. The van der Waals surface area contributed by atoms with Gasteiger partial charge >= 0.3 is 0 Å². The molecule has 0 heterocycles. The van der Waals surface area contributed by atoms with Gasteiger partial charge in [0.1, 0.15) is 0 Å². The molecule has 0 radical (unpaired) electrons. The smallest absolute Gasteiger partial charge is 0.251 e. The molecule has 0 aliphatic carbocycles. The first-order valence-corrected chi connectivity index (χ1v) is 6.04. The van der Waals surface area contributed by atoms with Gasteiger partial charge in [-0.2, -0.15) is 0 Å². The van der Waals surface area contributed by atoms with Gasteiger partial charge in [-0.3, -0.25) is 4.79 Å². The van der Waals surface area contributed by atoms with Gasteiger partial charge in [-0.25, -0.2) is 0 Å². The van der Waals surface area contributed by atoms with E-state index in [9.17, 15) is 4.79 Å². The van der Waals surface area contributed by atoms with E-state index in [4.69, 9.17) is 9.84 Å². The highest BCUT2D eigenvalue weighted by Gasteiger charge is 2.13. The molecule has 0 fully saturated rings. The second kappa shape index (κ2) is 6.74. The number of hydrogen-bond donors (Lipinski definition) is 2. The molecule has 1 rings (SSSR count). The number of aryl methyl sites for hydroxylation is 1. The molecule has 17 heavy (non-hydrogen) atoms. The minimum Gasteiger partial charge on any atom is -0.394 e. The number of halogens is 1. The molecule has 1 amide bonds. The third-order valence-corrected chi connectivity index (χ3v) is 3.23. The fraction of sp³-hybridized carbons (Fsp3) is 0.417. The van der Waals surface area contributed by atoms with Crippen LogP contribution in [0.1, 0.15) is 15.9 Å². The zero-order valence-corrected chi connectivity index (χ0v) is 11.5. The number of benzene rings is 1. The summed E-state index contributed by atoms with van der Waals surface area (Å²) < 4.78 is 5.85. The number of aliphatic hydroxyl groups excluding tert-OH is 1. The maximum Gasteiger partial charge on any atom is 0.251 e. The fourth-order valence-corrected chi connectivity index (χ4v) is 1.64. The Hall–Kier alpha value is -0.910. The van der Waals surface area contributed by atoms with Gasteiger partial charge in [0.05, 0.1) is 19.3 Å². The Balaban J connectivity index is 2.72. The van der Waals surface area contributed by atoms with Crippen LogP contribution in [0.5, 0.6) is 0 Å². The van der Waals surface area contributed by atoms with Crippen LogP contribution in [0, 0.1) is 6.92 Å². The number of carbonyl (C=O) groups is 1. The summed E-state index contributed by atoms with van der Waals surface area (Å²) in [6, 6.07) is 4.97. The molecule has 0 aromatic heterocycles. The average molecular weight is 302 g/mol. The van der Waals surface area contributed by atoms with Gasteiger partial charge in [0.25, 0.3) is 5.91 Å². The van der Waals surface area contributed by atoms with Crippen LogP contribution in [0.3, 0.4) is 0 Å². The van der Waals surface area contributed by atoms with Crippen LogP contribution in [0.2, 0.25) is 0 Å². The van der Waals surface area contributed by atoms with E-state index in [1.165, 1.54) is 7.11 Å². The Morgan fingerprint density at radius 3 is 2.82 bits per heavy atom. The first-order chi connectivity index (χ1) is 8.08. The molecule has 0 saturated carbocycles. The van der Waals surface area contributed by atoms with Gasteiger partial charge in [-0.05, 0) is 30.7 Å². The van der Waals surface area contributed by atoms with Crippen molar-refractivity contribution in [2.75, 3.05) is 20.3 Å². The molecular formula is C12H16BrNO3. The third kappa shape index (κ3) is 4.11. The van der Waals surface area contributed by atoms with Crippen LogP contribution in [0.25, 0.3) is 0 Å². The van der Waals surface area contributed by atoms with Crippen molar-refractivity contribution in [1.29, 1.82) is 0 Å². The van der Waals surface area contributed by atoms with Gasteiger partial charge in [-0.1, -0.05) is 15.9 Å². The highest BCUT2D eigenvalue weighted by molar-refractivity contribution is 9.10. The molecule has 1 atom stereocenters. The van der Waals surface area contributed by atoms with E-state index in [0.717, 1.165) is 10.0 Å². The van der Waals surface area contributed by atoms with Crippen LogP contribution in [-0.4, -0.2) is 37.4 Å². The maximum atomic E-state index is 11.9. The SMILES string of the molecule is COCC(CO)NC(=O)c1ccc(Br)c(C)c1. The monoisotopic (exact) mass is 301 g/mol. The van der Waals surface area contributed by atoms with E-state index in [-0.39, 0.29) is 25.2 Å². The van der Waals surface area contributed by atoms with Crippen molar-refractivity contribution in [1.82, 2.24) is 5.32 Å². The standard InChI is InChI=1S/C12H16BrNO3/c1-8-5-9(3-4-11(8)13)12(16)14-10(6-15)7-17-2/h3-5,10,15H,6-7H2,1-2H3,(H,14,16). The molecule has 1 aromatic carbocycles. The molecule has 0 spiro atoms.